The van der Waals surface area contributed by atoms with Crippen LogP contribution in [-0.4, -0.2) is 55.0 Å². The molecule has 0 amide bonds. The third-order valence-electron chi connectivity index (χ3n) is 2.78. The van der Waals surface area contributed by atoms with Crippen molar-refractivity contribution < 1.29 is 18.3 Å². The number of aliphatic carboxylic acids is 1. The summed E-state index contributed by atoms with van der Waals surface area (Å²) in [6, 6.07) is 0. The van der Waals surface area contributed by atoms with Crippen LogP contribution in [0.5, 0.6) is 0 Å². The van der Waals surface area contributed by atoms with Gasteiger partial charge in [-0.3, -0.25) is 4.79 Å². The highest BCUT2D eigenvalue weighted by atomic mass is 32.2. The fourth-order valence-corrected chi connectivity index (χ4v) is 2.77. The fourth-order valence-electron chi connectivity index (χ4n) is 1.59. The van der Waals surface area contributed by atoms with Gasteiger partial charge in [0.05, 0.1) is 5.75 Å². The number of nitrogens with zero attached hydrogens (tertiary/aromatic N) is 1. The molecule has 1 rings (SSSR count). The second kappa shape index (κ2) is 4.94. The smallest absolute Gasteiger partial charge is 0.321 e. The predicted octanol–water partition coefficient (Wildman–Crippen LogP) is -0.0299. The molecule has 1 atom stereocenters. The second-order valence-corrected chi connectivity index (χ2v) is 6.34. The van der Waals surface area contributed by atoms with E-state index >= 15 is 0 Å². The number of hydrogen-bond acceptors (Lipinski definition) is 4. The Balaban J connectivity index is 2.45. The lowest BCUT2D eigenvalue weighted by molar-refractivity contribution is -0.136. The van der Waals surface area contributed by atoms with E-state index in [9.17, 15) is 13.2 Å². The van der Waals surface area contributed by atoms with E-state index in [-0.39, 0.29) is 5.75 Å². The molecule has 0 spiro atoms. The molecule has 0 radical (unpaired) electrons. The molecule has 1 fully saturated rings. The first-order valence-corrected chi connectivity index (χ1v) is 6.82. The number of rotatable bonds is 5. The summed E-state index contributed by atoms with van der Waals surface area (Å²) in [5, 5.41) is 7.33. The van der Waals surface area contributed by atoms with Crippen LogP contribution in [0.25, 0.3) is 0 Å². The molecule has 1 heterocycles. The molecule has 0 aliphatic carbocycles. The highest BCUT2D eigenvalue weighted by molar-refractivity contribution is 7.92. The number of likely N-dealkylation sites (tertiary alicyclic amines) is 1. The van der Waals surface area contributed by atoms with E-state index in [4.69, 9.17) is 5.11 Å². The van der Waals surface area contributed by atoms with Gasteiger partial charge in [0.15, 0.2) is 15.1 Å². The van der Waals surface area contributed by atoms with Crippen LogP contribution in [0.4, 0.5) is 0 Å². The van der Waals surface area contributed by atoms with E-state index in [0.29, 0.717) is 6.54 Å². The monoisotopic (exact) mass is 235 g/mol. The van der Waals surface area contributed by atoms with Gasteiger partial charge < -0.3 is 10.0 Å². The van der Waals surface area contributed by atoms with Gasteiger partial charge in [0.2, 0.25) is 0 Å². The van der Waals surface area contributed by atoms with Gasteiger partial charge >= 0.3 is 5.97 Å². The number of carboxylic acid groups (broad SMARTS) is 1. The zero-order valence-electron chi connectivity index (χ0n) is 8.85. The Bertz CT molecular complexity index is 319. The van der Waals surface area contributed by atoms with E-state index in [1.807, 2.05) is 0 Å². The van der Waals surface area contributed by atoms with E-state index in [1.165, 1.54) is 6.92 Å². The van der Waals surface area contributed by atoms with Crippen molar-refractivity contribution in [1.29, 1.82) is 0 Å². The minimum atomic E-state index is -3.49. The molecule has 1 saturated heterocycles. The lowest BCUT2D eigenvalue weighted by Gasteiger charge is -2.15. The maximum Gasteiger partial charge on any atom is 0.321 e. The Morgan fingerprint density at radius 3 is 2.40 bits per heavy atom. The fraction of sp³-hybridized carbons (Fsp3) is 0.889. The van der Waals surface area contributed by atoms with Gasteiger partial charge in [0.1, 0.15) is 0 Å². The first kappa shape index (κ1) is 12.4. The highest BCUT2D eigenvalue weighted by Gasteiger charge is 2.28. The number of carboxylic acids is 1. The standard InChI is InChI=1S/C9H17NO4S/c1-8(9(11)12)15(13,14)7-6-10-4-2-3-5-10/h8H,2-7H2,1H3,(H,11,12). The summed E-state index contributed by atoms with van der Waals surface area (Å²) in [4.78, 5) is 12.6. The van der Waals surface area contributed by atoms with Crippen LogP contribution in [0.2, 0.25) is 0 Å². The zero-order chi connectivity index (χ0) is 11.5. The van der Waals surface area contributed by atoms with Crippen LogP contribution in [-0.2, 0) is 14.6 Å². The Morgan fingerprint density at radius 2 is 1.93 bits per heavy atom. The maximum atomic E-state index is 11.5. The SMILES string of the molecule is CC(C(=O)O)S(=O)(=O)CCN1CCCC1. The van der Waals surface area contributed by atoms with Crippen molar-refractivity contribution >= 4 is 15.8 Å². The summed E-state index contributed by atoms with van der Waals surface area (Å²) < 4.78 is 23.0. The topological polar surface area (TPSA) is 74.7 Å². The molecule has 1 unspecified atom stereocenters. The summed E-state index contributed by atoms with van der Waals surface area (Å²) >= 11 is 0. The average molecular weight is 235 g/mol. The van der Waals surface area contributed by atoms with Crippen molar-refractivity contribution in [3.05, 3.63) is 0 Å². The van der Waals surface area contributed by atoms with Crippen LogP contribution in [0, 0.1) is 0 Å². The highest BCUT2D eigenvalue weighted by Crippen LogP contribution is 2.09. The molecular weight excluding hydrogens is 218 g/mol. The summed E-state index contributed by atoms with van der Waals surface area (Å²) in [5.41, 5.74) is 0. The minimum absolute atomic E-state index is 0.0551. The summed E-state index contributed by atoms with van der Waals surface area (Å²) in [6.07, 6.45) is 2.21. The van der Waals surface area contributed by atoms with Crippen LogP contribution in [0.15, 0.2) is 0 Å². The van der Waals surface area contributed by atoms with E-state index < -0.39 is 21.1 Å². The Morgan fingerprint density at radius 1 is 1.40 bits per heavy atom. The molecule has 1 aliphatic heterocycles. The molecule has 0 saturated carbocycles. The molecule has 1 aliphatic rings. The summed E-state index contributed by atoms with van der Waals surface area (Å²) in [7, 11) is -3.49. The number of carbonyl (C=O) groups is 1. The average Bonchev–Trinajstić information content (AvgIpc) is 2.66. The summed E-state index contributed by atoms with van der Waals surface area (Å²) in [5.74, 6) is -1.32. The molecule has 0 bridgehead atoms. The lowest BCUT2D eigenvalue weighted by atomic mass is 10.4. The Hall–Kier alpha value is -0.620. The third-order valence-corrected chi connectivity index (χ3v) is 4.81. The van der Waals surface area contributed by atoms with Gasteiger partial charge in [-0.05, 0) is 32.9 Å². The normalized spacial score (nSPS) is 20.3. The number of sulfone groups is 1. The van der Waals surface area contributed by atoms with Gasteiger partial charge in [-0.25, -0.2) is 8.42 Å². The largest absolute Gasteiger partial charge is 0.480 e. The quantitative estimate of drug-likeness (QED) is 0.724. The molecule has 5 nitrogen and oxygen atoms in total. The third kappa shape index (κ3) is 3.46. The molecule has 0 aromatic heterocycles. The van der Waals surface area contributed by atoms with Crippen molar-refractivity contribution in [1.82, 2.24) is 4.90 Å². The van der Waals surface area contributed by atoms with Crippen molar-refractivity contribution in [2.24, 2.45) is 0 Å². The molecule has 6 heteroatoms. The molecule has 0 aromatic carbocycles. The Kier molecular flexibility index (Phi) is 4.10. The lowest BCUT2D eigenvalue weighted by Crippen LogP contribution is -2.34. The van der Waals surface area contributed by atoms with Crippen LogP contribution < -0.4 is 0 Å². The summed E-state index contributed by atoms with van der Waals surface area (Å²) in [6.45, 7) is 3.54. The molecule has 88 valence electrons. The van der Waals surface area contributed by atoms with E-state index in [2.05, 4.69) is 4.90 Å². The van der Waals surface area contributed by atoms with Gasteiger partial charge in [0, 0.05) is 6.54 Å². The molecule has 1 N–H and O–H groups in total. The number of hydrogen-bond donors (Lipinski definition) is 1. The predicted molar refractivity (Wildman–Crippen MR) is 56.6 cm³/mol. The van der Waals surface area contributed by atoms with Crippen LogP contribution >= 0.6 is 0 Å². The van der Waals surface area contributed by atoms with Crippen molar-refractivity contribution in [3.8, 4) is 0 Å². The minimum Gasteiger partial charge on any atom is -0.480 e. The first-order valence-electron chi connectivity index (χ1n) is 5.10. The first-order chi connectivity index (χ1) is 6.93. The second-order valence-electron chi connectivity index (χ2n) is 3.90. The van der Waals surface area contributed by atoms with Crippen LogP contribution in [0.3, 0.4) is 0 Å². The van der Waals surface area contributed by atoms with E-state index in [1.54, 1.807) is 0 Å². The van der Waals surface area contributed by atoms with Crippen LogP contribution in [0.1, 0.15) is 19.8 Å². The maximum absolute atomic E-state index is 11.5. The van der Waals surface area contributed by atoms with Gasteiger partial charge in [0.25, 0.3) is 0 Å². The van der Waals surface area contributed by atoms with E-state index in [0.717, 1.165) is 25.9 Å². The zero-order valence-corrected chi connectivity index (χ0v) is 9.66. The van der Waals surface area contributed by atoms with Gasteiger partial charge in [-0.2, -0.15) is 0 Å². The van der Waals surface area contributed by atoms with Crippen molar-refractivity contribution in [3.63, 3.8) is 0 Å². The van der Waals surface area contributed by atoms with Crippen molar-refractivity contribution in [2.45, 2.75) is 25.0 Å². The molecule has 0 aromatic rings. The van der Waals surface area contributed by atoms with Crippen molar-refractivity contribution in [2.75, 3.05) is 25.4 Å². The Labute approximate surface area is 90.0 Å². The van der Waals surface area contributed by atoms with Gasteiger partial charge in [-0.1, -0.05) is 0 Å². The molecule has 15 heavy (non-hydrogen) atoms. The molecular formula is C9H17NO4S. The van der Waals surface area contributed by atoms with Gasteiger partial charge in [-0.15, -0.1) is 0 Å².